The number of aliphatic hydroxyl groups is 1. The van der Waals surface area contributed by atoms with Gasteiger partial charge in [0.1, 0.15) is 24.4 Å². The fourth-order valence-electron chi connectivity index (χ4n) is 9.00. The summed E-state index contributed by atoms with van der Waals surface area (Å²) in [6.45, 7) is 41.0. The highest BCUT2D eigenvalue weighted by molar-refractivity contribution is 6.78. The van der Waals surface area contributed by atoms with E-state index in [4.69, 9.17) is 13.3 Å². The molecule has 1 unspecified atom stereocenters. The van der Waals surface area contributed by atoms with E-state index in [1.54, 1.807) is 12.2 Å². The van der Waals surface area contributed by atoms with Gasteiger partial charge in [0.15, 0.2) is 0 Å². The summed E-state index contributed by atoms with van der Waals surface area (Å²) in [6.07, 6.45) is 0.785. The van der Waals surface area contributed by atoms with Crippen LogP contribution in [0, 0.1) is 35.5 Å². The topological polar surface area (TPSA) is 47.9 Å². The third kappa shape index (κ3) is 9.32. The second kappa shape index (κ2) is 18.1. The van der Waals surface area contributed by atoms with Crippen molar-refractivity contribution in [1.29, 1.82) is 0 Å². The van der Waals surface area contributed by atoms with Gasteiger partial charge in [0.05, 0.1) is 0 Å². The first-order valence-corrected chi connectivity index (χ1v) is 24.5. The molecule has 1 rings (SSSR count). The summed E-state index contributed by atoms with van der Waals surface area (Å²) in [4.78, 5) is 0. The van der Waals surface area contributed by atoms with E-state index in [2.05, 4.69) is 160 Å². The molecule has 0 saturated carbocycles. The van der Waals surface area contributed by atoms with Crippen LogP contribution in [-0.4, -0.2) is 54.5 Å². The Labute approximate surface area is 289 Å². The Balaban J connectivity index is 4.00. The first kappa shape index (κ1) is 42.9. The predicted octanol–water partition coefficient (Wildman–Crippen LogP) is 10.6. The number of rotatable bonds is 15. The number of hydrogen-bond donors (Lipinski definition) is 1. The van der Waals surface area contributed by atoms with Crippen molar-refractivity contribution < 1.29 is 18.4 Å². The fraction of sp³-hybridized carbons (Fsp3) is 0.795. The summed E-state index contributed by atoms with van der Waals surface area (Å²) < 4.78 is 21.7. The second-order valence-corrected chi connectivity index (χ2v) is 32.5. The standard InChI is InChI=1S/C39H70O4Si3/c1-27(2)44(28(3)4,29(5)6)41-37-24-21-22-26-39(43-46(33(13)14,34(15)16)35(17)18)38(25-20-19-23-36(37)40)42-45(30(7)8,31(9)10)32(11)12/h19,23,27-40H,1-18H3/b23-19+/t36-,37-,38?,39-/m0/s1. The zero-order valence-corrected chi connectivity index (χ0v) is 35.8. The van der Waals surface area contributed by atoms with Crippen molar-refractivity contribution in [2.45, 2.75) is 199 Å². The van der Waals surface area contributed by atoms with E-state index in [0.29, 0.717) is 49.9 Å². The maximum Gasteiger partial charge on any atom is 0.202 e. The average molecular weight is 687 g/mol. The van der Waals surface area contributed by atoms with Crippen molar-refractivity contribution in [2.75, 3.05) is 0 Å². The minimum absolute atomic E-state index is 0.363. The predicted molar refractivity (Wildman–Crippen MR) is 206 cm³/mol. The molecule has 4 atom stereocenters. The minimum atomic E-state index is -2.36. The van der Waals surface area contributed by atoms with Crippen LogP contribution in [0.1, 0.15) is 125 Å². The fourth-order valence-corrected chi connectivity index (χ4v) is 25.3. The van der Waals surface area contributed by atoms with E-state index in [0.717, 1.165) is 0 Å². The molecule has 0 aromatic rings. The number of aliphatic hydroxyl groups excluding tert-OH is 1. The van der Waals surface area contributed by atoms with Crippen LogP contribution >= 0.6 is 0 Å². The molecule has 4 nitrogen and oxygen atoms in total. The van der Waals surface area contributed by atoms with Gasteiger partial charge in [0.2, 0.25) is 25.0 Å². The molecule has 0 fully saturated rings. The van der Waals surface area contributed by atoms with Crippen LogP contribution in [0.5, 0.6) is 0 Å². The van der Waals surface area contributed by atoms with Gasteiger partial charge >= 0.3 is 0 Å². The maximum absolute atomic E-state index is 11.4. The molecule has 1 aliphatic carbocycles. The summed E-state index contributed by atoms with van der Waals surface area (Å²) in [6, 6.07) is 0. The van der Waals surface area contributed by atoms with Gasteiger partial charge in [-0.05, 0) is 73.9 Å². The molecule has 0 amide bonds. The molecule has 0 radical (unpaired) electrons. The highest BCUT2D eigenvalue weighted by Crippen LogP contribution is 2.46. The van der Waals surface area contributed by atoms with Crippen molar-refractivity contribution in [1.82, 2.24) is 0 Å². The van der Waals surface area contributed by atoms with Gasteiger partial charge in [-0.2, -0.15) is 0 Å². The minimum Gasteiger partial charge on any atom is -0.400 e. The zero-order valence-electron chi connectivity index (χ0n) is 32.8. The van der Waals surface area contributed by atoms with Crippen molar-refractivity contribution in [2.24, 2.45) is 0 Å². The molecule has 262 valence electrons. The van der Waals surface area contributed by atoms with E-state index < -0.39 is 49.4 Å². The molecule has 46 heavy (non-hydrogen) atoms. The SMILES string of the molecule is CC(C)[Si](OC1C#C/C=C/[C@H](O)[C@@H](O[Si](C(C)C)(C(C)C)C(C)C)C#CC#C[C@@H]1O[Si](C(C)C)(C(C)C)C(C)C)(C(C)C)C(C)C. The molecule has 7 heteroatoms. The highest BCUT2D eigenvalue weighted by Gasteiger charge is 2.51. The third-order valence-electron chi connectivity index (χ3n) is 10.8. The molecular formula is C39H70O4Si3. The van der Waals surface area contributed by atoms with Crippen molar-refractivity contribution >= 4 is 25.0 Å². The van der Waals surface area contributed by atoms with E-state index in [1.165, 1.54) is 0 Å². The molecule has 0 bridgehead atoms. The zero-order chi connectivity index (χ0) is 35.8. The molecule has 0 spiro atoms. The monoisotopic (exact) mass is 686 g/mol. The summed E-state index contributed by atoms with van der Waals surface area (Å²) in [5.41, 5.74) is 3.38. The lowest BCUT2D eigenvalue weighted by atomic mass is 10.1. The van der Waals surface area contributed by atoms with Crippen molar-refractivity contribution in [3.8, 4) is 35.5 Å². The van der Waals surface area contributed by atoms with Crippen LogP contribution in [0.4, 0.5) is 0 Å². The lowest BCUT2D eigenvalue weighted by molar-refractivity contribution is 0.0901. The van der Waals surface area contributed by atoms with Gasteiger partial charge in [-0.25, -0.2) is 0 Å². The smallest absolute Gasteiger partial charge is 0.202 e. The van der Waals surface area contributed by atoms with E-state index in [-0.39, 0.29) is 0 Å². The first-order valence-electron chi connectivity index (χ1n) is 18.1. The molecule has 0 aromatic carbocycles. The van der Waals surface area contributed by atoms with Crippen molar-refractivity contribution in [3.05, 3.63) is 12.2 Å². The summed E-state index contributed by atoms with van der Waals surface area (Å²) in [5.74, 6) is 19.7. The summed E-state index contributed by atoms with van der Waals surface area (Å²) >= 11 is 0. The molecule has 0 aromatic heterocycles. The third-order valence-corrected chi connectivity index (χ3v) is 29.0. The lowest BCUT2D eigenvalue weighted by Crippen LogP contribution is -2.56. The normalized spacial score (nSPS) is 22.3. The molecule has 0 heterocycles. The lowest BCUT2D eigenvalue weighted by Gasteiger charge is -2.47. The van der Waals surface area contributed by atoms with E-state index in [1.807, 2.05) is 0 Å². The van der Waals surface area contributed by atoms with Crippen LogP contribution < -0.4 is 0 Å². The van der Waals surface area contributed by atoms with E-state index in [9.17, 15) is 5.11 Å². The highest BCUT2D eigenvalue weighted by atomic mass is 28.4. The van der Waals surface area contributed by atoms with Gasteiger partial charge in [0, 0.05) is 0 Å². The number of hydrogen-bond acceptors (Lipinski definition) is 4. The average Bonchev–Trinajstić information content (AvgIpc) is 2.91. The Morgan fingerprint density at radius 3 is 1.00 bits per heavy atom. The molecule has 1 N–H and O–H groups in total. The largest absolute Gasteiger partial charge is 0.400 e. The first-order chi connectivity index (χ1) is 21.2. The van der Waals surface area contributed by atoms with Crippen LogP contribution in [0.2, 0.25) is 49.9 Å². The van der Waals surface area contributed by atoms with Crippen LogP contribution in [0.3, 0.4) is 0 Å². The van der Waals surface area contributed by atoms with Gasteiger partial charge in [-0.1, -0.05) is 148 Å². The molecular weight excluding hydrogens is 617 g/mol. The van der Waals surface area contributed by atoms with Gasteiger partial charge in [-0.15, -0.1) is 0 Å². The molecule has 0 aliphatic heterocycles. The second-order valence-electron chi connectivity index (χ2n) is 16.2. The Morgan fingerprint density at radius 1 is 0.435 bits per heavy atom. The Kier molecular flexibility index (Phi) is 16.9. The van der Waals surface area contributed by atoms with Gasteiger partial charge in [-0.3, -0.25) is 0 Å². The maximum atomic E-state index is 11.4. The van der Waals surface area contributed by atoms with Gasteiger partial charge in [0.25, 0.3) is 0 Å². The Morgan fingerprint density at radius 2 is 0.696 bits per heavy atom. The van der Waals surface area contributed by atoms with Gasteiger partial charge < -0.3 is 18.4 Å². The molecule has 0 saturated heterocycles. The van der Waals surface area contributed by atoms with E-state index >= 15 is 0 Å². The quantitative estimate of drug-likeness (QED) is 0.138. The summed E-state index contributed by atoms with van der Waals surface area (Å²) in [5, 5.41) is 11.4. The number of allylic oxidation sites excluding steroid dienone is 1. The summed E-state index contributed by atoms with van der Waals surface area (Å²) in [7, 11) is -7.02. The van der Waals surface area contributed by atoms with Crippen LogP contribution in [0.15, 0.2) is 12.2 Å². The van der Waals surface area contributed by atoms with Crippen LogP contribution in [0.25, 0.3) is 0 Å². The molecule has 1 aliphatic rings. The van der Waals surface area contributed by atoms with Crippen LogP contribution in [-0.2, 0) is 13.3 Å². The Hall–Kier alpha value is -1.09. The Bertz CT molecular complexity index is 1100. The van der Waals surface area contributed by atoms with Crippen molar-refractivity contribution in [3.63, 3.8) is 0 Å².